The van der Waals surface area contributed by atoms with Gasteiger partial charge in [0.15, 0.2) is 0 Å². The number of hydrogen-bond donors (Lipinski definition) is 1. The molecule has 0 bridgehead atoms. The maximum absolute atomic E-state index is 3.83. The highest BCUT2D eigenvalue weighted by molar-refractivity contribution is 4.82. The second kappa shape index (κ2) is 6.88. The minimum atomic E-state index is 0.713. The van der Waals surface area contributed by atoms with Crippen molar-refractivity contribution < 1.29 is 0 Å². The normalized spacial score (nSPS) is 32.0. The fraction of sp³-hybridized carbons (Fsp3) is 1.00. The van der Waals surface area contributed by atoms with Crippen LogP contribution in [0, 0.1) is 0 Å². The van der Waals surface area contributed by atoms with Crippen molar-refractivity contribution in [3.8, 4) is 0 Å². The van der Waals surface area contributed by atoms with Gasteiger partial charge in [0.05, 0.1) is 0 Å². The van der Waals surface area contributed by atoms with Gasteiger partial charge in [-0.3, -0.25) is 0 Å². The Kier molecular flexibility index (Phi) is 5.46. The average molecular weight is 253 g/mol. The van der Waals surface area contributed by atoms with Gasteiger partial charge in [0.2, 0.25) is 0 Å². The summed E-state index contributed by atoms with van der Waals surface area (Å²) in [5.41, 5.74) is 0. The summed E-state index contributed by atoms with van der Waals surface area (Å²) in [6, 6.07) is 2.25. The lowest BCUT2D eigenvalue weighted by molar-refractivity contribution is 0.227. The van der Waals surface area contributed by atoms with Crippen LogP contribution in [0.1, 0.15) is 46.0 Å². The van der Waals surface area contributed by atoms with Crippen molar-refractivity contribution in [2.24, 2.45) is 0 Å². The van der Waals surface area contributed by atoms with Crippen LogP contribution in [0.2, 0.25) is 0 Å². The van der Waals surface area contributed by atoms with Crippen LogP contribution >= 0.6 is 0 Å². The molecule has 2 rings (SSSR count). The molecule has 0 aliphatic carbocycles. The van der Waals surface area contributed by atoms with Gasteiger partial charge < -0.3 is 15.1 Å². The first-order valence-electron chi connectivity index (χ1n) is 7.84. The molecule has 0 aromatic carbocycles. The minimum absolute atomic E-state index is 0.713. The standard InChI is InChI=1S/C15H31N3/c1-13(2)18-10-4-6-14(8-11-18)16-12-15-7-5-9-17(15)3/h13-16H,4-12H2,1-3H3. The van der Waals surface area contributed by atoms with Crippen LogP contribution in [0.5, 0.6) is 0 Å². The molecule has 0 aromatic rings. The van der Waals surface area contributed by atoms with E-state index in [0.29, 0.717) is 6.04 Å². The van der Waals surface area contributed by atoms with Crippen molar-refractivity contribution in [1.82, 2.24) is 15.1 Å². The molecular formula is C15H31N3. The molecule has 0 saturated carbocycles. The Morgan fingerprint density at radius 2 is 1.83 bits per heavy atom. The Bertz CT molecular complexity index is 242. The Balaban J connectivity index is 1.70. The first-order chi connectivity index (χ1) is 8.66. The molecule has 2 heterocycles. The van der Waals surface area contributed by atoms with Gasteiger partial charge in [0.1, 0.15) is 0 Å². The molecule has 0 aromatic heterocycles. The highest BCUT2D eigenvalue weighted by Gasteiger charge is 2.23. The summed E-state index contributed by atoms with van der Waals surface area (Å²) in [7, 11) is 2.27. The summed E-state index contributed by atoms with van der Waals surface area (Å²) >= 11 is 0. The largest absolute Gasteiger partial charge is 0.312 e. The van der Waals surface area contributed by atoms with E-state index in [4.69, 9.17) is 0 Å². The third-order valence-corrected chi connectivity index (χ3v) is 4.81. The molecule has 2 saturated heterocycles. The minimum Gasteiger partial charge on any atom is -0.312 e. The summed E-state index contributed by atoms with van der Waals surface area (Å²) < 4.78 is 0. The summed E-state index contributed by atoms with van der Waals surface area (Å²) in [6.45, 7) is 9.69. The van der Waals surface area contributed by atoms with E-state index in [1.165, 1.54) is 58.3 Å². The average Bonchev–Trinajstić information content (AvgIpc) is 2.62. The topological polar surface area (TPSA) is 18.5 Å². The lowest BCUT2D eigenvalue weighted by atomic mass is 10.1. The molecule has 2 aliphatic rings. The number of rotatable bonds is 4. The fourth-order valence-corrected chi connectivity index (χ4v) is 3.38. The Hall–Kier alpha value is -0.120. The van der Waals surface area contributed by atoms with Crippen molar-refractivity contribution in [1.29, 1.82) is 0 Å². The second-order valence-electron chi connectivity index (χ2n) is 6.44. The third kappa shape index (κ3) is 3.94. The lowest BCUT2D eigenvalue weighted by Crippen LogP contribution is -2.41. The zero-order valence-electron chi connectivity index (χ0n) is 12.5. The number of nitrogens with one attached hydrogen (secondary N) is 1. The summed E-state index contributed by atoms with van der Waals surface area (Å²) in [6.07, 6.45) is 6.81. The number of likely N-dealkylation sites (N-methyl/N-ethyl adjacent to an activating group) is 1. The van der Waals surface area contributed by atoms with Crippen molar-refractivity contribution in [3.05, 3.63) is 0 Å². The lowest BCUT2D eigenvalue weighted by Gasteiger charge is -2.25. The van der Waals surface area contributed by atoms with Crippen LogP contribution < -0.4 is 5.32 Å². The van der Waals surface area contributed by atoms with Crippen LogP contribution in [-0.2, 0) is 0 Å². The third-order valence-electron chi connectivity index (χ3n) is 4.81. The van der Waals surface area contributed by atoms with E-state index in [9.17, 15) is 0 Å². The zero-order chi connectivity index (χ0) is 13.0. The molecule has 3 nitrogen and oxygen atoms in total. The van der Waals surface area contributed by atoms with Gasteiger partial charge in [-0.05, 0) is 72.6 Å². The van der Waals surface area contributed by atoms with Crippen LogP contribution in [0.3, 0.4) is 0 Å². The van der Waals surface area contributed by atoms with Gasteiger partial charge in [0, 0.05) is 24.7 Å². The molecule has 2 aliphatic heterocycles. The maximum Gasteiger partial charge on any atom is 0.0218 e. The maximum atomic E-state index is 3.83. The molecule has 2 atom stereocenters. The first-order valence-corrected chi connectivity index (χ1v) is 7.84. The molecule has 2 unspecified atom stereocenters. The first kappa shape index (κ1) is 14.3. The van der Waals surface area contributed by atoms with Gasteiger partial charge in [-0.1, -0.05) is 0 Å². The van der Waals surface area contributed by atoms with E-state index in [-0.39, 0.29) is 0 Å². The molecule has 1 N–H and O–H groups in total. The van der Waals surface area contributed by atoms with Gasteiger partial charge >= 0.3 is 0 Å². The number of nitrogens with zero attached hydrogens (tertiary/aromatic N) is 2. The van der Waals surface area contributed by atoms with Crippen molar-refractivity contribution in [2.45, 2.75) is 64.1 Å². The van der Waals surface area contributed by atoms with Crippen molar-refractivity contribution in [2.75, 3.05) is 33.2 Å². The van der Waals surface area contributed by atoms with Crippen LogP contribution in [0.4, 0.5) is 0 Å². The van der Waals surface area contributed by atoms with Crippen LogP contribution in [0.15, 0.2) is 0 Å². The van der Waals surface area contributed by atoms with Gasteiger partial charge in [0.25, 0.3) is 0 Å². The summed E-state index contributed by atoms with van der Waals surface area (Å²) in [4.78, 5) is 5.15. The van der Waals surface area contributed by atoms with E-state index in [1.807, 2.05) is 0 Å². The molecule has 0 spiro atoms. The number of hydrogen-bond acceptors (Lipinski definition) is 3. The zero-order valence-corrected chi connectivity index (χ0v) is 12.5. The summed E-state index contributed by atoms with van der Waals surface area (Å²) in [5.74, 6) is 0. The number of likely N-dealkylation sites (tertiary alicyclic amines) is 2. The molecule has 106 valence electrons. The second-order valence-corrected chi connectivity index (χ2v) is 6.44. The Morgan fingerprint density at radius 3 is 2.50 bits per heavy atom. The molecule has 18 heavy (non-hydrogen) atoms. The van der Waals surface area contributed by atoms with Crippen LogP contribution in [0.25, 0.3) is 0 Å². The quantitative estimate of drug-likeness (QED) is 0.826. The molecule has 0 amide bonds. The highest BCUT2D eigenvalue weighted by Crippen LogP contribution is 2.16. The van der Waals surface area contributed by atoms with Crippen molar-refractivity contribution >= 4 is 0 Å². The fourth-order valence-electron chi connectivity index (χ4n) is 3.38. The Labute approximate surface area is 113 Å². The highest BCUT2D eigenvalue weighted by atomic mass is 15.2. The van der Waals surface area contributed by atoms with E-state index < -0.39 is 0 Å². The molecule has 0 radical (unpaired) electrons. The SMILES string of the molecule is CC(C)N1CCCC(NCC2CCCN2C)CC1. The van der Waals surface area contributed by atoms with E-state index in [1.54, 1.807) is 0 Å². The van der Waals surface area contributed by atoms with E-state index >= 15 is 0 Å². The molecule has 2 fully saturated rings. The molecular weight excluding hydrogens is 222 g/mol. The monoisotopic (exact) mass is 253 g/mol. The predicted molar refractivity (Wildman–Crippen MR) is 78.0 cm³/mol. The van der Waals surface area contributed by atoms with Gasteiger partial charge in [-0.25, -0.2) is 0 Å². The summed E-state index contributed by atoms with van der Waals surface area (Å²) in [5, 5.41) is 3.83. The molecule has 3 heteroatoms. The predicted octanol–water partition coefficient (Wildman–Crippen LogP) is 1.93. The van der Waals surface area contributed by atoms with Gasteiger partial charge in [-0.15, -0.1) is 0 Å². The van der Waals surface area contributed by atoms with Crippen molar-refractivity contribution in [3.63, 3.8) is 0 Å². The van der Waals surface area contributed by atoms with E-state index in [2.05, 4.69) is 36.0 Å². The van der Waals surface area contributed by atoms with Gasteiger partial charge in [-0.2, -0.15) is 0 Å². The van der Waals surface area contributed by atoms with Crippen LogP contribution in [-0.4, -0.2) is 61.2 Å². The smallest absolute Gasteiger partial charge is 0.0218 e. The van der Waals surface area contributed by atoms with E-state index in [0.717, 1.165) is 12.1 Å². The Morgan fingerprint density at radius 1 is 1.06 bits per heavy atom.